The highest BCUT2D eigenvalue weighted by Gasteiger charge is 2.61. The van der Waals surface area contributed by atoms with Crippen molar-refractivity contribution in [3.05, 3.63) is 0 Å². The Morgan fingerprint density at radius 3 is 2.44 bits per heavy atom. The maximum atomic E-state index is 13.2. The highest BCUT2D eigenvalue weighted by molar-refractivity contribution is 8.23. The molecule has 0 radical (unpaired) electrons. The summed E-state index contributed by atoms with van der Waals surface area (Å²) in [7, 11) is 0. The zero-order valence-corrected chi connectivity index (χ0v) is 21.8. The van der Waals surface area contributed by atoms with Crippen molar-refractivity contribution < 1.29 is 19.1 Å². The number of carbonyl (C=O) groups excluding carboxylic acids is 2. The van der Waals surface area contributed by atoms with Crippen LogP contribution in [0.3, 0.4) is 0 Å². The van der Waals surface area contributed by atoms with E-state index in [0.29, 0.717) is 39.8 Å². The maximum Gasteiger partial charge on any atom is 0.302 e. The van der Waals surface area contributed by atoms with Gasteiger partial charge in [0.15, 0.2) is 0 Å². The van der Waals surface area contributed by atoms with Crippen LogP contribution in [0.1, 0.15) is 85.5 Å². The first-order valence-electron chi connectivity index (χ1n) is 12.7. The molecule has 0 amide bonds. The van der Waals surface area contributed by atoms with Crippen LogP contribution in [0, 0.1) is 40.4 Å². The van der Waals surface area contributed by atoms with Gasteiger partial charge in [-0.2, -0.15) is 0 Å². The first-order valence-corrected chi connectivity index (χ1v) is 14.1. The van der Waals surface area contributed by atoms with Crippen LogP contribution in [-0.2, 0) is 19.1 Å². The maximum absolute atomic E-state index is 13.2. The van der Waals surface area contributed by atoms with Crippen molar-refractivity contribution in [1.29, 1.82) is 0 Å². The molecule has 6 heteroatoms. The number of esters is 1. The van der Waals surface area contributed by atoms with Gasteiger partial charge in [0.25, 0.3) is 0 Å². The highest BCUT2D eigenvalue weighted by Crippen LogP contribution is 2.67. The smallest absolute Gasteiger partial charge is 0.302 e. The fourth-order valence-electron chi connectivity index (χ4n) is 8.48. The molecule has 0 N–H and O–H groups in total. The Kier molecular flexibility index (Phi) is 7.32. The fourth-order valence-corrected chi connectivity index (χ4v) is 9.44. The Balaban J connectivity index is 1.43. The van der Waals surface area contributed by atoms with E-state index in [1.807, 2.05) is 6.92 Å². The minimum absolute atomic E-state index is 0.115. The van der Waals surface area contributed by atoms with E-state index in [2.05, 4.69) is 13.8 Å². The van der Waals surface area contributed by atoms with Gasteiger partial charge >= 0.3 is 5.97 Å². The van der Waals surface area contributed by atoms with Gasteiger partial charge in [0.1, 0.15) is 11.9 Å². The summed E-state index contributed by atoms with van der Waals surface area (Å²) in [5.41, 5.74) is 0.507. The largest absolute Gasteiger partial charge is 0.479 e. The number of ketones is 1. The van der Waals surface area contributed by atoms with E-state index < -0.39 is 0 Å². The number of hydrogen-bond acceptors (Lipinski definition) is 6. The highest BCUT2D eigenvalue weighted by atomic mass is 32.2. The molecule has 0 aromatic rings. The van der Waals surface area contributed by atoms with Crippen LogP contribution in [0.5, 0.6) is 0 Å². The molecule has 180 valence electrons. The predicted molar refractivity (Wildman–Crippen MR) is 132 cm³/mol. The minimum atomic E-state index is -0.137. The molecule has 4 aliphatic carbocycles. The lowest BCUT2D eigenvalue weighted by Crippen LogP contribution is -2.54. The molecule has 4 fully saturated rings. The van der Waals surface area contributed by atoms with Gasteiger partial charge in [-0.05, 0) is 111 Å². The van der Waals surface area contributed by atoms with Crippen molar-refractivity contribution in [3.63, 3.8) is 0 Å². The molecule has 4 saturated carbocycles. The van der Waals surface area contributed by atoms with Gasteiger partial charge in [-0.3, -0.25) is 9.59 Å². The predicted octanol–water partition coefficient (Wildman–Crippen LogP) is 6.20. The number of Topliss-reactive ketones (excluding diaryl/α,β-unsaturated/α-hetero) is 1. The van der Waals surface area contributed by atoms with Crippen LogP contribution in [0.15, 0.2) is 0 Å². The van der Waals surface area contributed by atoms with Crippen LogP contribution in [0.2, 0.25) is 0 Å². The van der Waals surface area contributed by atoms with Gasteiger partial charge in [0.2, 0.25) is 4.38 Å². The topological polar surface area (TPSA) is 52.6 Å². The summed E-state index contributed by atoms with van der Waals surface area (Å²) in [6.07, 6.45) is 10.5. The first-order chi connectivity index (χ1) is 15.2. The molecule has 0 spiro atoms. The van der Waals surface area contributed by atoms with E-state index in [1.54, 1.807) is 0 Å². The molecule has 4 rings (SSSR count). The number of carbonyl (C=O) groups is 2. The molecule has 0 bridgehead atoms. The number of rotatable bonds is 5. The Hall–Kier alpha value is -0.620. The summed E-state index contributed by atoms with van der Waals surface area (Å²) in [6, 6.07) is 0. The standard InChI is InChI=1S/C26H40O4S2/c1-5-29-24(31)32-15-23(28)22-9-8-20-19-7-6-17-14-18(30-16(2)27)10-12-25(17,3)21(19)11-13-26(20,22)4/h17-22H,5-15H2,1-4H3/t17?,18-,19-,20-,21-,22+,25-,26-/m0/s1. The summed E-state index contributed by atoms with van der Waals surface area (Å²) in [5, 5.41) is 0. The summed E-state index contributed by atoms with van der Waals surface area (Å²) in [4.78, 5) is 24.7. The molecule has 4 nitrogen and oxygen atoms in total. The van der Waals surface area contributed by atoms with Gasteiger partial charge in [-0.25, -0.2) is 0 Å². The Morgan fingerprint density at radius 1 is 1.00 bits per heavy atom. The van der Waals surface area contributed by atoms with Crippen molar-refractivity contribution in [2.45, 2.75) is 91.6 Å². The van der Waals surface area contributed by atoms with E-state index in [0.717, 1.165) is 31.1 Å². The van der Waals surface area contributed by atoms with Gasteiger partial charge in [-0.15, -0.1) is 0 Å². The third-order valence-corrected chi connectivity index (χ3v) is 11.2. The van der Waals surface area contributed by atoms with Crippen LogP contribution in [0.4, 0.5) is 0 Å². The third-order valence-electron chi connectivity index (χ3n) is 9.93. The van der Waals surface area contributed by atoms with E-state index in [-0.39, 0.29) is 23.4 Å². The zero-order valence-electron chi connectivity index (χ0n) is 20.2. The van der Waals surface area contributed by atoms with Gasteiger partial charge in [-0.1, -0.05) is 25.6 Å². The molecule has 0 aromatic heterocycles. The average molecular weight is 481 g/mol. The average Bonchev–Trinajstić information content (AvgIpc) is 3.09. The number of ether oxygens (including phenoxy) is 2. The molecule has 4 aliphatic rings. The summed E-state index contributed by atoms with van der Waals surface area (Å²) >= 11 is 6.62. The van der Waals surface area contributed by atoms with Crippen molar-refractivity contribution in [2.24, 2.45) is 40.4 Å². The number of fused-ring (bicyclic) bond motifs is 5. The second kappa shape index (κ2) is 9.56. The Morgan fingerprint density at radius 2 is 1.72 bits per heavy atom. The van der Waals surface area contributed by atoms with Crippen LogP contribution < -0.4 is 0 Å². The van der Waals surface area contributed by atoms with Crippen molar-refractivity contribution in [2.75, 3.05) is 12.4 Å². The molecule has 1 unspecified atom stereocenters. The quantitative estimate of drug-likeness (QED) is 0.345. The lowest BCUT2D eigenvalue weighted by Gasteiger charge is -2.61. The van der Waals surface area contributed by atoms with E-state index >= 15 is 0 Å². The van der Waals surface area contributed by atoms with Crippen LogP contribution in [-0.4, -0.2) is 34.6 Å². The number of hydrogen-bond donors (Lipinski definition) is 0. The number of thioether (sulfide) groups is 1. The molecule has 0 aromatic carbocycles. The molecular weight excluding hydrogens is 440 g/mol. The van der Waals surface area contributed by atoms with Crippen molar-refractivity contribution in [1.82, 2.24) is 0 Å². The van der Waals surface area contributed by atoms with E-state index in [9.17, 15) is 9.59 Å². The Labute approximate surface area is 203 Å². The van der Waals surface area contributed by atoms with Crippen molar-refractivity contribution in [3.8, 4) is 0 Å². The molecule has 0 saturated heterocycles. The summed E-state index contributed by atoms with van der Waals surface area (Å²) in [5.74, 6) is 3.71. The third kappa shape index (κ3) is 4.39. The molecule has 0 heterocycles. The second-order valence-electron chi connectivity index (χ2n) is 11.3. The van der Waals surface area contributed by atoms with Gasteiger partial charge in [0, 0.05) is 12.8 Å². The molecule has 8 atom stereocenters. The van der Waals surface area contributed by atoms with Crippen LogP contribution >= 0.6 is 24.0 Å². The first kappa shape index (κ1) is 24.5. The van der Waals surface area contributed by atoms with Gasteiger partial charge in [0.05, 0.1) is 12.4 Å². The summed E-state index contributed by atoms with van der Waals surface area (Å²) < 4.78 is 11.5. The van der Waals surface area contributed by atoms with Crippen molar-refractivity contribution >= 4 is 40.1 Å². The minimum Gasteiger partial charge on any atom is -0.479 e. The summed E-state index contributed by atoms with van der Waals surface area (Å²) in [6.45, 7) is 8.97. The molecule has 32 heavy (non-hydrogen) atoms. The van der Waals surface area contributed by atoms with Crippen LogP contribution in [0.25, 0.3) is 0 Å². The fraction of sp³-hybridized carbons (Fsp3) is 0.885. The SMILES string of the molecule is CCOC(=S)SCC(=O)[C@H]1CC[C@H]2[C@@H]3CCC4C[C@@H](OC(C)=O)CC[C@]4(C)[C@H]3CC[C@]12C. The second-order valence-corrected chi connectivity index (χ2v) is 12.9. The lowest BCUT2D eigenvalue weighted by atomic mass is 9.44. The zero-order chi connectivity index (χ0) is 23.1. The normalized spacial score (nSPS) is 42.9. The van der Waals surface area contributed by atoms with Gasteiger partial charge < -0.3 is 9.47 Å². The molecule has 0 aliphatic heterocycles. The van der Waals surface area contributed by atoms with E-state index in [4.69, 9.17) is 21.7 Å². The lowest BCUT2D eigenvalue weighted by molar-refractivity contribution is -0.160. The molecular formula is C26H40O4S2. The van der Waals surface area contributed by atoms with E-state index in [1.165, 1.54) is 57.2 Å². The Bertz CT molecular complexity index is 754. The number of thiocarbonyl (C=S) groups is 1. The monoisotopic (exact) mass is 480 g/mol.